The van der Waals surface area contributed by atoms with E-state index < -0.39 is 0 Å². The first-order valence-corrected chi connectivity index (χ1v) is 7.21. The minimum atomic E-state index is 0.855. The molecule has 2 heteroatoms. The van der Waals surface area contributed by atoms with Gasteiger partial charge in [0, 0.05) is 6.54 Å². The molecule has 0 aliphatic carbocycles. The molecular formula is C19H16N2. The smallest absolute Gasteiger partial charge is 0.107 e. The van der Waals surface area contributed by atoms with Gasteiger partial charge in [-0.1, -0.05) is 54.6 Å². The molecule has 102 valence electrons. The Morgan fingerprint density at radius 1 is 0.857 bits per heavy atom. The average molecular weight is 272 g/mol. The molecule has 0 N–H and O–H groups in total. The molecule has 0 aliphatic rings. The summed E-state index contributed by atoms with van der Waals surface area (Å²) in [5, 5.41) is 2.61. The zero-order valence-electron chi connectivity index (χ0n) is 12.0. The number of fused-ring (bicyclic) bond motifs is 2. The Bertz CT molecular complexity index is 929. The lowest BCUT2D eigenvalue weighted by Crippen LogP contribution is -2.02. The van der Waals surface area contributed by atoms with Gasteiger partial charge in [-0.05, 0) is 35.4 Å². The second kappa shape index (κ2) is 4.74. The van der Waals surface area contributed by atoms with Crippen LogP contribution in [0.3, 0.4) is 0 Å². The molecule has 0 unspecified atom stereocenters. The molecule has 0 spiro atoms. The second-order valence-electron chi connectivity index (χ2n) is 5.37. The highest BCUT2D eigenvalue weighted by atomic mass is 15.1. The van der Waals surface area contributed by atoms with Crippen LogP contribution in [0.1, 0.15) is 11.4 Å². The molecule has 21 heavy (non-hydrogen) atoms. The molecule has 1 aromatic heterocycles. The first-order valence-electron chi connectivity index (χ1n) is 7.21. The van der Waals surface area contributed by atoms with Gasteiger partial charge >= 0.3 is 0 Å². The first kappa shape index (κ1) is 12.2. The Labute approximate surface area is 123 Å². The summed E-state index contributed by atoms with van der Waals surface area (Å²) >= 11 is 0. The van der Waals surface area contributed by atoms with Crippen molar-refractivity contribution in [3.05, 3.63) is 78.1 Å². The summed E-state index contributed by atoms with van der Waals surface area (Å²) in [7, 11) is 0. The summed E-state index contributed by atoms with van der Waals surface area (Å²) < 4.78 is 2.29. The molecule has 0 fully saturated rings. The largest absolute Gasteiger partial charge is 0.324 e. The van der Waals surface area contributed by atoms with Crippen LogP contribution in [-0.4, -0.2) is 9.55 Å². The number of nitrogens with zero attached hydrogens (tertiary/aromatic N) is 2. The molecule has 3 aromatic carbocycles. The van der Waals surface area contributed by atoms with Gasteiger partial charge in [0.25, 0.3) is 0 Å². The van der Waals surface area contributed by atoms with Gasteiger partial charge in [0.05, 0.1) is 11.0 Å². The van der Waals surface area contributed by atoms with E-state index in [0.29, 0.717) is 0 Å². The predicted octanol–water partition coefficient (Wildman–Crippen LogP) is 4.55. The molecular weight excluding hydrogens is 256 g/mol. The maximum Gasteiger partial charge on any atom is 0.107 e. The van der Waals surface area contributed by atoms with Gasteiger partial charge in [0.2, 0.25) is 0 Å². The van der Waals surface area contributed by atoms with E-state index in [1.54, 1.807) is 0 Å². The van der Waals surface area contributed by atoms with Crippen LogP contribution in [0.5, 0.6) is 0 Å². The van der Waals surface area contributed by atoms with Gasteiger partial charge in [0.1, 0.15) is 5.82 Å². The molecule has 0 saturated carbocycles. The molecule has 2 nitrogen and oxygen atoms in total. The minimum absolute atomic E-state index is 0.855. The minimum Gasteiger partial charge on any atom is -0.324 e. The van der Waals surface area contributed by atoms with Crippen molar-refractivity contribution in [2.75, 3.05) is 0 Å². The lowest BCUT2D eigenvalue weighted by atomic mass is 10.0. The maximum atomic E-state index is 4.65. The quantitative estimate of drug-likeness (QED) is 0.523. The van der Waals surface area contributed by atoms with E-state index in [-0.39, 0.29) is 0 Å². The predicted molar refractivity (Wildman–Crippen MR) is 87.5 cm³/mol. The molecule has 1 heterocycles. The van der Waals surface area contributed by atoms with Crippen LogP contribution < -0.4 is 0 Å². The number of para-hydroxylation sites is 2. The van der Waals surface area contributed by atoms with Crippen LogP contribution >= 0.6 is 0 Å². The molecule has 0 radical (unpaired) electrons. The van der Waals surface area contributed by atoms with Gasteiger partial charge in [-0.3, -0.25) is 0 Å². The van der Waals surface area contributed by atoms with E-state index in [0.717, 1.165) is 17.9 Å². The zero-order valence-corrected chi connectivity index (χ0v) is 12.0. The van der Waals surface area contributed by atoms with Crippen LogP contribution in [0.4, 0.5) is 0 Å². The van der Waals surface area contributed by atoms with Gasteiger partial charge < -0.3 is 4.57 Å². The standard InChI is InChI=1S/C19H16N2/c1-14-20-18-11-4-5-12-19(18)21(14)13-16-9-6-8-15-7-2-3-10-17(15)16/h2-12H,13H2,1H3. The third kappa shape index (κ3) is 2.00. The van der Waals surface area contributed by atoms with E-state index >= 15 is 0 Å². The van der Waals surface area contributed by atoms with Crippen molar-refractivity contribution in [3.8, 4) is 0 Å². The Morgan fingerprint density at radius 2 is 1.62 bits per heavy atom. The average Bonchev–Trinajstić information content (AvgIpc) is 2.84. The number of aryl methyl sites for hydroxylation is 1. The van der Waals surface area contributed by atoms with Crippen LogP contribution in [0.2, 0.25) is 0 Å². The normalized spacial score (nSPS) is 11.3. The van der Waals surface area contributed by atoms with Gasteiger partial charge in [-0.2, -0.15) is 0 Å². The zero-order chi connectivity index (χ0) is 14.2. The number of aromatic nitrogens is 2. The summed E-state index contributed by atoms with van der Waals surface area (Å²) in [6, 6.07) is 23.4. The summed E-state index contributed by atoms with van der Waals surface area (Å²) in [6.45, 7) is 2.93. The highest BCUT2D eigenvalue weighted by Gasteiger charge is 2.08. The van der Waals surface area contributed by atoms with Crippen LogP contribution in [0, 0.1) is 6.92 Å². The molecule has 0 bridgehead atoms. The van der Waals surface area contributed by atoms with Crippen LogP contribution in [-0.2, 0) is 6.54 Å². The Kier molecular flexibility index (Phi) is 2.74. The van der Waals surface area contributed by atoms with Crippen molar-refractivity contribution in [2.24, 2.45) is 0 Å². The fourth-order valence-corrected chi connectivity index (χ4v) is 3.00. The Morgan fingerprint density at radius 3 is 2.57 bits per heavy atom. The summed E-state index contributed by atoms with van der Waals surface area (Å²) in [5.74, 6) is 1.06. The van der Waals surface area contributed by atoms with Gasteiger partial charge in [-0.15, -0.1) is 0 Å². The Balaban J connectivity index is 1.89. The van der Waals surface area contributed by atoms with Crippen molar-refractivity contribution in [2.45, 2.75) is 13.5 Å². The van der Waals surface area contributed by atoms with Crippen molar-refractivity contribution < 1.29 is 0 Å². The van der Waals surface area contributed by atoms with Crippen LogP contribution in [0.15, 0.2) is 66.7 Å². The number of hydrogen-bond donors (Lipinski definition) is 0. The molecule has 0 saturated heterocycles. The highest BCUT2D eigenvalue weighted by Crippen LogP contribution is 2.22. The number of rotatable bonds is 2. The third-order valence-electron chi connectivity index (χ3n) is 4.05. The summed E-state index contributed by atoms with van der Waals surface area (Å²) in [6.07, 6.45) is 0. The number of imidazole rings is 1. The monoisotopic (exact) mass is 272 g/mol. The lowest BCUT2D eigenvalue weighted by Gasteiger charge is -2.10. The fourth-order valence-electron chi connectivity index (χ4n) is 3.00. The summed E-state index contributed by atoms with van der Waals surface area (Å²) in [5.41, 5.74) is 3.59. The van der Waals surface area contributed by atoms with Crippen molar-refractivity contribution >= 4 is 21.8 Å². The highest BCUT2D eigenvalue weighted by molar-refractivity contribution is 5.86. The van der Waals surface area contributed by atoms with Crippen LogP contribution in [0.25, 0.3) is 21.8 Å². The lowest BCUT2D eigenvalue weighted by molar-refractivity contribution is 0.791. The molecule has 0 atom stereocenters. The number of benzene rings is 3. The SMILES string of the molecule is Cc1nc2ccccc2n1Cc1cccc2ccccc12. The van der Waals surface area contributed by atoms with Gasteiger partial charge in [0.15, 0.2) is 0 Å². The fraction of sp³-hybridized carbons (Fsp3) is 0.105. The molecule has 4 aromatic rings. The third-order valence-corrected chi connectivity index (χ3v) is 4.05. The molecule has 0 aliphatic heterocycles. The van der Waals surface area contributed by atoms with Gasteiger partial charge in [-0.25, -0.2) is 4.98 Å². The molecule has 4 rings (SSSR count). The second-order valence-corrected chi connectivity index (χ2v) is 5.37. The molecule has 0 amide bonds. The van der Waals surface area contributed by atoms with E-state index in [4.69, 9.17) is 0 Å². The maximum absolute atomic E-state index is 4.65. The Hall–Kier alpha value is -2.61. The van der Waals surface area contributed by atoms with E-state index in [1.165, 1.54) is 21.9 Å². The van der Waals surface area contributed by atoms with E-state index in [9.17, 15) is 0 Å². The summed E-state index contributed by atoms with van der Waals surface area (Å²) in [4.78, 5) is 4.65. The topological polar surface area (TPSA) is 17.8 Å². The van der Waals surface area contributed by atoms with E-state index in [1.807, 2.05) is 6.07 Å². The van der Waals surface area contributed by atoms with Crippen molar-refractivity contribution in [1.82, 2.24) is 9.55 Å². The van der Waals surface area contributed by atoms with Crippen molar-refractivity contribution in [1.29, 1.82) is 0 Å². The van der Waals surface area contributed by atoms with E-state index in [2.05, 4.69) is 77.1 Å². The first-order chi connectivity index (χ1) is 10.3. The van der Waals surface area contributed by atoms with Crippen molar-refractivity contribution in [3.63, 3.8) is 0 Å². The number of hydrogen-bond acceptors (Lipinski definition) is 1.